The molecule has 0 bridgehead atoms. The largest absolute Gasteiger partial charge is 0.295 e. The number of fused-ring (bicyclic) bond motifs is 1. The van der Waals surface area contributed by atoms with Crippen LogP contribution >= 0.6 is 11.6 Å². The number of pyridine rings is 1. The van der Waals surface area contributed by atoms with Gasteiger partial charge in [-0.15, -0.1) is 0 Å². The van der Waals surface area contributed by atoms with Gasteiger partial charge >= 0.3 is 0 Å². The van der Waals surface area contributed by atoms with Crippen molar-refractivity contribution in [3.05, 3.63) is 69.5 Å². The van der Waals surface area contributed by atoms with Crippen molar-refractivity contribution in [1.29, 1.82) is 0 Å². The van der Waals surface area contributed by atoms with E-state index >= 15 is 0 Å². The molecule has 0 aliphatic carbocycles. The van der Waals surface area contributed by atoms with Crippen molar-refractivity contribution in [2.75, 3.05) is 0 Å². The molecule has 4 nitrogen and oxygen atoms in total. The van der Waals surface area contributed by atoms with Gasteiger partial charge in [0.15, 0.2) is 0 Å². The number of benzene rings is 1. The quantitative estimate of drug-likeness (QED) is 0.743. The molecule has 0 aliphatic heterocycles. The lowest BCUT2D eigenvalue weighted by Crippen LogP contribution is -2.25. The molecule has 1 aromatic carbocycles. The van der Waals surface area contributed by atoms with E-state index in [1.165, 1.54) is 0 Å². The molecular weight excluding hydrogens is 298 g/mol. The van der Waals surface area contributed by atoms with Gasteiger partial charge < -0.3 is 0 Å². The van der Waals surface area contributed by atoms with E-state index in [1.54, 1.807) is 29.1 Å². The van der Waals surface area contributed by atoms with Gasteiger partial charge in [-0.25, -0.2) is 4.98 Å². The van der Waals surface area contributed by atoms with Gasteiger partial charge in [-0.3, -0.25) is 14.3 Å². The highest BCUT2D eigenvalue weighted by Crippen LogP contribution is 2.19. The fourth-order valence-corrected chi connectivity index (χ4v) is 2.82. The van der Waals surface area contributed by atoms with E-state index in [0.717, 1.165) is 11.4 Å². The molecule has 0 aliphatic rings. The Hall–Kier alpha value is -2.20. The molecule has 0 N–H and O–H groups in total. The third kappa shape index (κ3) is 2.74. The van der Waals surface area contributed by atoms with Gasteiger partial charge in [-0.05, 0) is 38.1 Å². The van der Waals surface area contributed by atoms with Crippen LogP contribution in [0.5, 0.6) is 0 Å². The van der Waals surface area contributed by atoms with Crippen molar-refractivity contribution in [3.8, 4) is 0 Å². The van der Waals surface area contributed by atoms with E-state index in [1.807, 2.05) is 32.0 Å². The summed E-state index contributed by atoms with van der Waals surface area (Å²) in [6.07, 6.45) is 2.25. The van der Waals surface area contributed by atoms with Gasteiger partial charge in [0, 0.05) is 23.9 Å². The Morgan fingerprint density at radius 2 is 2.00 bits per heavy atom. The standard InChI is InChI=1S/C17H16ClN3O/c1-11-5-3-6-13(20-11)9-12(2)21-10-19-15-8-4-7-14(18)16(15)17(21)22/h3-8,10,12H,9H2,1-2H3. The normalized spacial score (nSPS) is 12.5. The van der Waals surface area contributed by atoms with E-state index in [9.17, 15) is 4.79 Å². The Bertz CT molecular complexity index is 888. The summed E-state index contributed by atoms with van der Waals surface area (Å²) in [5, 5.41) is 0.904. The number of rotatable bonds is 3. The molecule has 0 amide bonds. The zero-order chi connectivity index (χ0) is 15.7. The molecule has 3 rings (SSSR count). The lowest BCUT2D eigenvalue weighted by Gasteiger charge is -2.15. The summed E-state index contributed by atoms with van der Waals surface area (Å²) >= 11 is 6.15. The van der Waals surface area contributed by atoms with Crippen molar-refractivity contribution < 1.29 is 0 Å². The number of halogens is 1. The third-order valence-corrected chi connectivity index (χ3v) is 4.00. The van der Waals surface area contributed by atoms with E-state index in [0.29, 0.717) is 22.3 Å². The summed E-state index contributed by atoms with van der Waals surface area (Å²) in [6.45, 7) is 3.94. The fraction of sp³-hybridized carbons (Fsp3) is 0.235. The first-order chi connectivity index (χ1) is 10.6. The zero-order valence-corrected chi connectivity index (χ0v) is 13.2. The number of hydrogen-bond donors (Lipinski definition) is 0. The Labute approximate surface area is 133 Å². The number of aromatic nitrogens is 3. The molecule has 1 unspecified atom stereocenters. The Kier molecular flexibility index (Phi) is 3.94. The topological polar surface area (TPSA) is 47.8 Å². The lowest BCUT2D eigenvalue weighted by molar-refractivity contribution is 0.517. The monoisotopic (exact) mass is 313 g/mol. The van der Waals surface area contributed by atoms with Crippen LogP contribution in [0.2, 0.25) is 5.02 Å². The second-order valence-corrected chi connectivity index (χ2v) is 5.82. The van der Waals surface area contributed by atoms with Crippen LogP contribution in [0.25, 0.3) is 10.9 Å². The smallest absolute Gasteiger partial charge is 0.262 e. The molecule has 2 heterocycles. The first-order valence-electron chi connectivity index (χ1n) is 7.14. The van der Waals surface area contributed by atoms with Crippen LogP contribution in [0, 0.1) is 6.92 Å². The third-order valence-electron chi connectivity index (χ3n) is 3.69. The average Bonchev–Trinajstić information content (AvgIpc) is 2.47. The van der Waals surface area contributed by atoms with Crippen LogP contribution in [0.3, 0.4) is 0 Å². The molecule has 0 saturated heterocycles. The summed E-state index contributed by atoms with van der Waals surface area (Å²) in [6, 6.07) is 11.1. The van der Waals surface area contributed by atoms with Gasteiger partial charge in [0.05, 0.1) is 22.3 Å². The molecule has 0 spiro atoms. The maximum atomic E-state index is 12.7. The predicted octanol–water partition coefficient (Wildman–Crippen LogP) is 3.56. The minimum Gasteiger partial charge on any atom is -0.295 e. The highest BCUT2D eigenvalue weighted by molar-refractivity contribution is 6.35. The lowest BCUT2D eigenvalue weighted by atomic mass is 10.1. The van der Waals surface area contributed by atoms with E-state index in [4.69, 9.17) is 11.6 Å². The molecule has 22 heavy (non-hydrogen) atoms. The first kappa shape index (κ1) is 14.7. The Balaban J connectivity index is 2.01. The van der Waals surface area contributed by atoms with Crippen molar-refractivity contribution in [1.82, 2.24) is 14.5 Å². The molecule has 0 saturated carbocycles. The maximum absolute atomic E-state index is 12.7. The molecule has 112 valence electrons. The van der Waals surface area contributed by atoms with Crippen LogP contribution in [-0.4, -0.2) is 14.5 Å². The van der Waals surface area contributed by atoms with Gasteiger partial charge in [0.2, 0.25) is 0 Å². The number of nitrogens with zero attached hydrogens (tertiary/aromatic N) is 3. The van der Waals surface area contributed by atoms with Crippen LogP contribution in [0.1, 0.15) is 24.4 Å². The van der Waals surface area contributed by atoms with Crippen molar-refractivity contribution in [2.45, 2.75) is 26.3 Å². The van der Waals surface area contributed by atoms with Crippen LogP contribution in [-0.2, 0) is 6.42 Å². The molecule has 0 fully saturated rings. The molecule has 3 aromatic rings. The first-order valence-corrected chi connectivity index (χ1v) is 7.52. The van der Waals surface area contributed by atoms with E-state index in [-0.39, 0.29) is 11.6 Å². The minimum atomic E-state index is -0.115. The predicted molar refractivity (Wildman–Crippen MR) is 88.4 cm³/mol. The SMILES string of the molecule is Cc1cccc(CC(C)n2cnc3cccc(Cl)c3c2=O)n1. The number of hydrogen-bond acceptors (Lipinski definition) is 3. The zero-order valence-electron chi connectivity index (χ0n) is 12.5. The van der Waals surface area contributed by atoms with Crippen LogP contribution < -0.4 is 5.56 Å². The van der Waals surface area contributed by atoms with E-state index < -0.39 is 0 Å². The highest BCUT2D eigenvalue weighted by Gasteiger charge is 2.13. The van der Waals surface area contributed by atoms with Crippen LogP contribution in [0.15, 0.2) is 47.5 Å². The summed E-state index contributed by atoms with van der Waals surface area (Å²) in [5.41, 5.74) is 2.43. The van der Waals surface area contributed by atoms with Gasteiger partial charge in [0.25, 0.3) is 5.56 Å². The maximum Gasteiger partial charge on any atom is 0.262 e. The second-order valence-electron chi connectivity index (χ2n) is 5.41. The molecule has 0 radical (unpaired) electrons. The minimum absolute atomic E-state index is 0.0463. The second kappa shape index (κ2) is 5.89. The summed E-state index contributed by atoms with van der Waals surface area (Å²) in [7, 11) is 0. The summed E-state index contributed by atoms with van der Waals surface area (Å²) in [5.74, 6) is 0. The molecule has 1 atom stereocenters. The summed E-state index contributed by atoms with van der Waals surface area (Å²) in [4.78, 5) is 21.5. The van der Waals surface area contributed by atoms with E-state index in [2.05, 4.69) is 9.97 Å². The van der Waals surface area contributed by atoms with Gasteiger partial charge in [-0.2, -0.15) is 0 Å². The molecule has 5 heteroatoms. The van der Waals surface area contributed by atoms with Gasteiger partial charge in [-0.1, -0.05) is 23.7 Å². The Morgan fingerprint density at radius 3 is 2.77 bits per heavy atom. The van der Waals surface area contributed by atoms with Crippen molar-refractivity contribution in [2.24, 2.45) is 0 Å². The fourth-order valence-electron chi connectivity index (χ4n) is 2.57. The van der Waals surface area contributed by atoms with Crippen molar-refractivity contribution in [3.63, 3.8) is 0 Å². The summed E-state index contributed by atoms with van der Waals surface area (Å²) < 4.78 is 1.62. The van der Waals surface area contributed by atoms with Crippen molar-refractivity contribution >= 4 is 22.5 Å². The highest BCUT2D eigenvalue weighted by atomic mass is 35.5. The average molecular weight is 314 g/mol. The van der Waals surface area contributed by atoms with Gasteiger partial charge in [0.1, 0.15) is 0 Å². The van der Waals surface area contributed by atoms with Crippen LogP contribution in [0.4, 0.5) is 0 Å². The molecular formula is C17H16ClN3O. The Morgan fingerprint density at radius 1 is 1.23 bits per heavy atom. The number of aryl methyl sites for hydroxylation is 1. The molecule has 2 aromatic heterocycles.